The fraction of sp³-hybridized carbons (Fsp3) is 0.812. The Bertz CT molecular complexity index is 330. The van der Waals surface area contributed by atoms with Crippen molar-refractivity contribution in [3.63, 3.8) is 0 Å². The minimum absolute atomic E-state index is 0.0287. The van der Waals surface area contributed by atoms with Crippen LogP contribution >= 0.6 is 0 Å². The molecular formula is C16H28O4. The monoisotopic (exact) mass is 284 g/mol. The van der Waals surface area contributed by atoms with Crippen molar-refractivity contribution in [1.82, 2.24) is 0 Å². The summed E-state index contributed by atoms with van der Waals surface area (Å²) in [4.78, 5) is 11.7. The standard InChI is InChI=1S/C16H28O4/c1-6-7-8-9-10-13-14(11-12(2)18-13)19-15(17)20-16(3,4)5/h7-8,12-14H,6,9-11H2,1-5H3/b8-7-/t12-,13+,14-/m1/s1. The van der Waals surface area contributed by atoms with Crippen molar-refractivity contribution >= 4 is 6.16 Å². The van der Waals surface area contributed by atoms with Gasteiger partial charge in [0.15, 0.2) is 0 Å². The Morgan fingerprint density at radius 2 is 2.05 bits per heavy atom. The van der Waals surface area contributed by atoms with Crippen LogP contribution in [0.3, 0.4) is 0 Å². The second-order valence-electron chi connectivity index (χ2n) is 6.30. The van der Waals surface area contributed by atoms with Crippen LogP contribution in [0.4, 0.5) is 4.79 Å². The van der Waals surface area contributed by atoms with Crippen molar-refractivity contribution in [2.75, 3.05) is 0 Å². The summed E-state index contributed by atoms with van der Waals surface area (Å²) >= 11 is 0. The van der Waals surface area contributed by atoms with Crippen molar-refractivity contribution in [3.8, 4) is 0 Å². The quantitative estimate of drug-likeness (QED) is 0.560. The molecule has 1 aliphatic heterocycles. The topological polar surface area (TPSA) is 44.8 Å². The Hall–Kier alpha value is -1.03. The second-order valence-corrected chi connectivity index (χ2v) is 6.30. The molecule has 116 valence electrons. The summed E-state index contributed by atoms with van der Waals surface area (Å²) in [5.74, 6) is 0. The van der Waals surface area contributed by atoms with Gasteiger partial charge < -0.3 is 14.2 Å². The second kappa shape index (κ2) is 7.67. The first-order chi connectivity index (χ1) is 9.31. The van der Waals surface area contributed by atoms with Gasteiger partial charge in [-0.2, -0.15) is 0 Å². The molecule has 0 aliphatic carbocycles. The summed E-state index contributed by atoms with van der Waals surface area (Å²) in [7, 11) is 0. The average Bonchev–Trinajstić information content (AvgIpc) is 2.62. The summed E-state index contributed by atoms with van der Waals surface area (Å²) in [5, 5.41) is 0. The lowest BCUT2D eigenvalue weighted by molar-refractivity contribution is -0.0484. The molecule has 0 spiro atoms. The van der Waals surface area contributed by atoms with Crippen molar-refractivity contribution in [2.45, 2.75) is 84.2 Å². The molecule has 0 amide bonds. The van der Waals surface area contributed by atoms with E-state index in [1.54, 1.807) is 0 Å². The average molecular weight is 284 g/mol. The van der Waals surface area contributed by atoms with Gasteiger partial charge in [-0.3, -0.25) is 0 Å². The smallest absolute Gasteiger partial charge is 0.429 e. The first kappa shape index (κ1) is 17.0. The predicted octanol–water partition coefficient (Wildman–Crippen LogP) is 4.23. The molecule has 0 unspecified atom stereocenters. The zero-order chi connectivity index (χ0) is 15.2. The van der Waals surface area contributed by atoms with Crippen LogP contribution in [0.1, 0.15) is 60.3 Å². The number of allylic oxidation sites excluding steroid dienone is 2. The highest BCUT2D eigenvalue weighted by Gasteiger charge is 2.36. The molecule has 20 heavy (non-hydrogen) atoms. The van der Waals surface area contributed by atoms with Crippen molar-refractivity contribution in [1.29, 1.82) is 0 Å². The highest BCUT2D eigenvalue weighted by atomic mass is 16.7. The molecule has 0 bridgehead atoms. The number of carbonyl (C=O) groups is 1. The molecule has 4 nitrogen and oxygen atoms in total. The fourth-order valence-corrected chi connectivity index (χ4v) is 2.24. The number of ether oxygens (including phenoxy) is 3. The van der Waals surface area contributed by atoms with Crippen LogP contribution < -0.4 is 0 Å². The third kappa shape index (κ3) is 6.42. The predicted molar refractivity (Wildman–Crippen MR) is 78.7 cm³/mol. The van der Waals surface area contributed by atoms with E-state index >= 15 is 0 Å². The minimum Gasteiger partial charge on any atom is -0.429 e. The summed E-state index contributed by atoms with van der Waals surface area (Å²) in [6.07, 6.45) is 7.18. The summed E-state index contributed by atoms with van der Waals surface area (Å²) in [6, 6.07) is 0. The first-order valence-electron chi connectivity index (χ1n) is 7.52. The molecule has 1 rings (SSSR count). The van der Waals surface area contributed by atoms with Crippen LogP contribution in [0, 0.1) is 0 Å². The first-order valence-corrected chi connectivity index (χ1v) is 7.52. The van der Waals surface area contributed by atoms with E-state index in [4.69, 9.17) is 14.2 Å². The van der Waals surface area contributed by atoms with Gasteiger partial charge >= 0.3 is 6.16 Å². The zero-order valence-corrected chi connectivity index (χ0v) is 13.3. The number of hydrogen-bond donors (Lipinski definition) is 0. The van der Waals surface area contributed by atoms with E-state index in [9.17, 15) is 4.79 Å². The van der Waals surface area contributed by atoms with Gasteiger partial charge in [0.05, 0.1) is 12.2 Å². The van der Waals surface area contributed by atoms with Crippen LogP contribution in [-0.2, 0) is 14.2 Å². The third-order valence-electron chi connectivity index (χ3n) is 3.04. The van der Waals surface area contributed by atoms with Crippen molar-refractivity contribution < 1.29 is 19.0 Å². The molecule has 0 aromatic carbocycles. The summed E-state index contributed by atoms with van der Waals surface area (Å²) < 4.78 is 16.4. The molecule has 0 saturated carbocycles. The molecule has 1 aliphatic rings. The molecule has 0 aromatic rings. The minimum atomic E-state index is -0.602. The van der Waals surface area contributed by atoms with E-state index in [-0.39, 0.29) is 18.3 Å². The van der Waals surface area contributed by atoms with Crippen LogP contribution in [0.5, 0.6) is 0 Å². The number of carbonyl (C=O) groups excluding carboxylic acids is 1. The zero-order valence-electron chi connectivity index (χ0n) is 13.3. The number of rotatable bonds is 5. The summed E-state index contributed by atoms with van der Waals surface area (Å²) in [6.45, 7) is 9.60. The Balaban J connectivity index is 2.45. The van der Waals surface area contributed by atoms with E-state index in [2.05, 4.69) is 19.1 Å². The van der Waals surface area contributed by atoms with Crippen LogP contribution in [0.25, 0.3) is 0 Å². The Morgan fingerprint density at radius 1 is 1.35 bits per heavy atom. The lowest BCUT2D eigenvalue weighted by atomic mass is 10.1. The van der Waals surface area contributed by atoms with Crippen LogP contribution in [0.15, 0.2) is 12.2 Å². The van der Waals surface area contributed by atoms with Gasteiger partial charge in [-0.15, -0.1) is 0 Å². The van der Waals surface area contributed by atoms with E-state index < -0.39 is 11.8 Å². The molecule has 1 saturated heterocycles. The van der Waals surface area contributed by atoms with E-state index in [0.29, 0.717) is 0 Å². The molecule has 3 atom stereocenters. The lowest BCUT2D eigenvalue weighted by Crippen LogP contribution is -2.31. The lowest BCUT2D eigenvalue weighted by Gasteiger charge is -2.22. The van der Waals surface area contributed by atoms with Crippen LogP contribution in [0.2, 0.25) is 0 Å². The molecule has 0 aromatic heterocycles. The van der Waals surface area contributed by atoms with Gasteiger partial charge in [0.2, 0.25) is 0 Å². The highest BCUT2D eigenvalue weighted by molar-refractivity contribution is 5.60. The van der Waals surface area contributed by atoms with E-state index in [1.165, 1.54) is 0 Å². The maximum absolute atomic E-state index is 11.7. The van der Waals surface area contributed by atoms with Gasteiger partial charge in [0.25, 0.3) is 0 Å². The largest absolute Gasteiger partial charge is 0.509 e. The maximum atomic E-state index is 11.7. The molecular weight excluding hydrogens is 256 g/mol. The third-order valence-corrected chi connectivity index (χ3v) is 3.04. The van der Waals surface area contributed by atoms with Gasteiger partial charge in [-0.1, -0.05) is 19.1 Å². The Kier molecular flexibility index (Phi) is 6.53. The molecule has 1 heterocycles. The van der Waals surface area contributed by atoms with E-state index in [1.807, 2.05) is 27.7 Å². The normalized spacial score (nSPS) is 26.9. The fourth-order valence-electron chi connectivity index (χ4n) is 2.24. The van der Waals surface area contributed by atoms with Gasteiger partial charge in [0, 0.05) is 6.42 Å². The van der Waals surface area contributed by atoms with Gasteiger partial charge in [-0.25, -0.2) is 4.79 Å². The van der Waals surface area contributed by atoms with E-state index in [0.717, 1.165) is 25.7 Å². The van der Waals surface area contributed by atoms with Crippen molar-refractivity contribution in [2.24, 2.45) is 0 Å². The highest BCUT2D eigenvalue weighted by Crippen LogP contribution is 2.27. The maximum Gasteiger partial charge on any atom is 0.509 e. The number of hydrogen-bond acceptors (Lipinski definition) is 4. The summed E-state index contributed by atoms with van der Waals surface area (Å²) in [5.41, 5.74) is -0.526. The SMILES string of the molecule is CC/C=C\CC[C@@H]1O[C@H](C)C[C@H]1OC(=O)OC(C)(C)C. The Morgan fingerprint density at radius 3 is 2.65 bits per heavy atom. The molecule has 0 N–H and O–H groups in total. The molecule has 1 fully saturated rings. The van der Waals surface area contributed by atoms with Crippen molar-refractivity contribution in [3.05, 3.63) is 12.2 Å². The molecule has 0 radical (unpaired) electrons. The Labute approximate surface area is 122 Å². The van der Waals surface area contributed by atoms with Crippen LogP contribution in [-0.4, -0.2) is 30.1 Å². The van der Waals surface area contributed by atoms with Gasteiger partial charge in [0.1, 0.15) is 11.7 Å². The van der Waals surface area contributed by atoms with Gasteiger partial charge in [-0.05, 0) is 47.0 Å². The molecule has 4 heteroatoms.